The van der Waals surface area contributed by atoms with Crippen molar-refractivity contribution in [3.05, 3.63) is 33.2 Å². The number of rotatable bonds is 5. The molecule has 0 fully saturated rings. The number of ether oxygens (including phenoxy) is 2. The lowest BCUT2D eigenvalue weighted by atomic mass is 10.00. The van der Waals surface area contributed by atoms with Gasteiger partial charge in [0.25, 0.3) is 0 Å². The second kappa shape index (κ2) is 7.33. The van der Waals surface area contributed by atoms with Gasteiger partial charge in [-0.1, -0.05) is 11.8 Å². The molecule has 2 rings (SSSR count). The summed E-state index contributed by atoms with van der Waals surface area (Å²) in [4.78, 5) is 15.0. The Morgan fingerprint density at radius 1 is 1.32 bits per heavy atom. The fourth-order valence-electron chi connectivity index (χ4n) is 2.70. The number of likely N-dealkylation sites (N-methyl/N-ethyl adjacent to an activating group) is 1. The summed E-state index contributed by atoms with van der Waals surface area (Å²) in [6.45, 7) is 10.9. The molecule has 2 heterocycles. The Hall–Kier alpha value is -1.60. The minimum absolute atomic E-state index is 0.0799. The monoisotopic (exact) mass is 367 g/mol. The Kier molecular flexibility index (Phi) is 5.79. The molecule has 0 amide bonds. The van der Waals surface area contributed by atoms with E-state index in [-0.39, 0.29) is 11.3 Å². The first-order chi connectivity index (χ1) is 11.5. The molecule has 6 nitrogen and oxygen atoms in total. The number of thioether (sulfide) groups is 1. The van der Waals surface area contributed by atoms with Crippen molar-refractivity contribution in [3.63, 3.8) is 0 Å². The largest absolute Gasteiger partial charge is 0.490 e. The second-order valence-electron chi connectivity index (χ2n) is 7.53. The molecule has 7 heteroatoms. The smallest absolute Gasteiger partial charge is 0.347 e. The van der Waals surface area contributed by atoms with Gasteiger partial charge in [0.2, 0.25) is 0 Å². The van der Waals surface area contributed by atoms with Crippen molar-refractivity contribution in [1.29, 1.82) is 0 Å². The van der Waals surface area contributed by atoms with E-state index in [0.29, 0.717) is 17.2 Å². The normalized spacial score (nSPS) is 20.9. The number of nitrogens with two attached hydrogens (primary N) is 1. The molecule has 2 aliphatic rings. The number of dihydropyridines is 1. The van der Waals surface area contributed by atoms with Crippen LogP contribution in [0.1, 0.15) is 34.6 Å². The fourth-order valence-corrected chi connectivity index (χ4v) is 3.97. The molecule has 0 radical (unpaired) electrons. The first-order valence-electron chi connectivity index (χ1n) is 8.37. The van der Waals surface area contributed by atoms with E-state index in [1.165, 1.54) is 11.8 Å². The molecule has 0 bridgehead atoms. The number of fused-ring (bicyclic) bond motifs is 1. The minimum Gasteiger partial charge on any atom is -0.490 e. The van der Waals surface area contributed by atoms with Gasteiger partial charge < -0.3 is 25.4 Å². The molecule has 1 unspecified atom stereocenters. The van der Waals surface area contributed by atoms with Gasteiger partial charge in [-0.05, 0) is 48.7 Å². The number of esters is 1. The predicted octanol–water partition coefficient (Wildman–Crippen LogP) is 2.30. The summed E-state index contributed by atoms with van der Waals surface area (Å²) in [5.41, 5.74) is 9.08. The first kappa shape index (κ1) is 19.7. The maximum absolute atomic E-state index is 12.4. The molecule has 140 valence electrons. The fraction of sp³-hybridized carbons (Fsp3) is 0.611. The lowest BCUT2D eigenvalue weighted by molar-refractivity contribution is -0.148. The molecule has 0 aliphatic carbocycles. The number of nitrogens with zero attached hydrogens (tertiary/aromatic N) is 1. The number of carbonyl (C=O) groups excluding carboxylic acids is 1. The molecule has 0 aromatic heterocycles. The predicted molar refractivity (Wildman–Crippen MR) is 101 cm³/mol. The van der Waals surface area contributed by atoms with Gasteiger partial charge in [-0.2, -0.15) is 0 Å². The van der Waals surface area contributed by atoms with Crippen molar-refractivity contribution in [2.75, 3.05) is 27.2 Å². The standard InChI is InChI=1S/C18H29N3O3S/c1-10-12-13(19)15(17(22)24-18(3,4)5)25-16(12)20-11(2)14(10)23-9-8-21(6)7/h16,20H,8-9,19H2,1-7H3. The quantitative estimate of drug-likeness (QED) is 0.722. The van der Waals surface area contributed by atoms with E-state index in [0.717, 1.165) is 29.1 Å². The van der Waals surface area contributed by atoms with Crippen LogP contribution in [-0.2, 0) is 14.3 Å². The summed E-state index contributed by atoms with van der Waals surface area (Å²) in [5, 5.41) is 3.31. The summed E-state index contributed by atoms with van der Waals surface area (Å²) >= 11 is 1.40. The van der Waals surface area contributed by atoms with Crippen molar-refractivity contribution in [2.24, 2.45) is 5.73 Å². The summed E-state index contributed by atoms with van der Waals surface area (Å²) in [6.07, 6.45) is 0. The van der Waals surface area contributed by atoms with Crippen LogP contribution >= 0.6 is 11.8 Å². The van der Waals surface area contributed by atoms with E-state index >= 15 is 0 Å². The molecule has 0 spiro atoms. The van der Waals surface area contributed by atoms with Crippen molar-refractivity contribution in [3.8, 4) is 0 Å². The zero-order valence-electron chi connectivity index (χ0n) is 16.1. The van der Waals surface area contributed by atoms with Gasteiger partial charge >= 0.3 is 5.97 Å². The van der Waals surface area contributed by atoms with Crippen LogP contribution in [0.4, 0.5) is 0 Å². The van der Waals surface area contributed by atoms with Gasteiger partial charge in [-0.3, -0.25) is 0 Å². The van der Waals surface area contributed by atoms with Crippen molar-refractivity contribution >= 4 is 17.7 Å². The summed E-state index contributed by atoms with van der Waals surface area (Å²) < 4.78 is 11.4. The number of hydrogen-bond acceptors (Lipinski definition) is 7. The SMILES string of the molecule is CC1=C(OCCN(C)C)C(C)=C2C(N)=C(C(=O)OC(C)(C)C)SC2N1. The molecule has 0 aromatic carbocycles. The zero-order valence-corrected chi connectivity index (χ0v) is 17.0. The molecule has 2 aliphatic heterocycles. The number of carbonyl (C=O) groups is 1. The third kappa shape index (κ3) is 4.52. The van der Waals surface area contributed by atoms with E-state index < -0.39 is 5.60 Å². The van der Waals surface area contributed by atoms with E-state index in [4.69, 9.17) is 15.2 Å². The summed E-state index contributed by atoms with van der Waals surface area (Å²) in [7, 11) is 4.01. The minimum atomic E-state index is -0.551. The van der Waals surface area contributed by atoms with E-state index in [2.05, 4.69) is 10.2 Å². The van der Waals surface area contributed by atoms with E-state index in [1.807, 2.05) is 48.7 Å². The Labute approximate surface area is 154 Å². The summed E-state index contributed by atoms with van der Waals surface area (Å²) in [5.74, 6) is 0.432. The van der Waals surface area contributed by atoms with Gasteiger partial charge in [0.1, 0.15) is 28.2 Å². The third-order valence-electron chi connectivity index (χ3n) is 3.83. The third-order valence-corrected chi connectivity index (χ3v) is 5.05. The first-order valence-corrected chi connectivity index (χ1v) is 9.25. The van der Waals surface area contributed by atoms with E-state index in [9.17, 15) is 4.79 Å². The highest BCUT2D eigenvalue weighted by molar-refractivity contribution is 8.05. The maximum Gasteiger partial charge on any atom is 0.347 e. The van der Waals surface area contributed by atoms with Crippen LogP contribution in [0.25, 0.3) is 0 Å². The van der Waals surface area contributed by atoms with E-state index in [1.54, 1.807) is 0 Å². The molecule has 1 atom stereocenters. The van der Waals surface area contributed by atoms with Crippen LogP contribution in [0.5, 0.6) is 0 Å². The second-order valence-corrected chi connectivity index (χ2v) is 8.65. The number of allylic oxidation sites excluding steroid dienone is 2. The lowest BCUT2D eigenvalue weighted by Gasteiger charge is -2.28. The Morgan fingerprint density at radius 2 is 1.96 bits per heavy atom. The van der Waals surface area contributed by atoms with Crippen LogP contribution in [0.2, 0.25) is 0 Å². The van der Waals surface area contributed by atoms with Crippen molar-refractivity contribution in [2.45, 2.75) is 45.6 Å². The molecule has 0 saturated carbocycles. The molecule has 3 N–H and O–H groups in total. The van der Waals surface area contributed by atoms with Crippen molar-refractivity contribution in [1.82, 2.24) is 10.2 Å². The molecule has 0 saturated heterocycles. The highest BCUT2D eigenvalue weighted by atomic mass is 32.2. The Bertz CT molecular complexity index is 657. The Balaban J connectivity index is 2.25. The van der Waals surface area contributed by atoms with Crippen LogP contribution in [0, 0.1) is 0 Å². The average molecular weight is 368 g/mol. The van der Waals surface area contributed by atoms with Gasteiger partial charge in [-0.25, -0.2) is 4.79 Å². The van der Waals surface area contributed by atoms with Gasteiger partial charge in [0, 0.05) is 17.7 Å². The van der Waals surface area contributed by atoms with Gasteiger partial charge in [0.05, 0.1) is 11.4 Å². The van der Waals surface area contributed by atoms with Crippen LogP contribution in [0.3, 0.4) is 0 Å². The van der Waals surface area contributed by atoms with Gasteiger partial charge in [-0.15, -0.1) is 0 Å². The van der Waals surface area contributed by atoms with Crippen molar-refractivity contribution < 1.29 is 14.3 Å². The Morgan fingerprint density at radius 3 is 2.52 bits per heavy atom. The average Bonchev–Trinajstić information content (AvgIpc) is 2.77. The number of nitrogens with one attached hydrogen (secondary N) is 1. The zero-order chi connectivity index (χ0) is 18.9. The highest BCUT2D eigenvalue weighted by Gasteiger charge is 2.39. The molecular weight excluding hydrogens is 338 g/mol. The molecule has 25 heavy (non-hydrogen) atoms. The highest BCUT2D eigenvalue weighted by Crippen LogP contribution is 2.44. The molecular formula is C18H29N3O3S. The van der Waals surface area contributed by atoms with Crippen LogP contribution in [0.15, 0.2) is 33.2 Å². The molecule has 0 aromatic rings. The summed E-state index contributed by atoms with van der Waals surface area (Å²) in [6, 6.07) is 0. The lowest BCUT2D eigenvalue weighted by Crippen LogP contribution is -2.32. The van der Waals surface area contributed by atoms with Crippen LogP contribution < -0.4 is 11.1 Å². The van der Waals surface area contributed by atoms with Crippen LogP contribution in [-0.4, -0.2) is 49.1 Å². The maximum atomic E-state index is 12.4. The topological polar surface area (TPSA) is 76.8 Å². The number of hydrogen-bond donors (Lipinski definition) is 2. The van der Waals surface area contributed by atoms with Gasteiger partial charge in [0.15, 0.2) is 0 Å².